The summed E-state index contributed by atoms with van der Waals surface area (Å²) in [7, 11) is 0. The molecule has 0 aliphatic rings. The summed E-state index contributed by atoms with van der Waals surface area (Å²) in [6.07, 6.45) is 6.73. The van der Waals surface area contributed by atoms with Crippen molar-refractivity contribution in [2.45, 2.75) is 52.9 Å². The van der Waals surface area contributed by atoms with E-state index in [0.29, 0.717) is 18.6 Å². The molecule has 0 spiro atoms. The van der Waals surface area contributed by atoms with Crippen molar-refractivity contribution in [2.24, 2.45) is 5.92 Å². The fourth-order valence-electron chi connectivity index (χ4n) is 2.13. The molecule has 0 radical (unpaired) electrons. The van der Waals surface area contributed by atoms with Crippen molar-refractivity contribution in [3.63, 3.8) is 0 Å². The zero-order valence-electron chi connectivity index (χ0n) is 13.5. The van der Waals surface area contributed by atoms with Crippen LogP contribution in [-0.4, -0.2) is 5.78 Å². The van der Waals surface area contributed by atoms with Crippen molar-refractivity contribution in [2.75, 3.05) is 0 Å². The number of carbonyl (C=O) groups excluding carboxylic acids is 1. The molecule has 1 heteroatoms. The minimum Gasteiger partial charge on any atom is -0.300 e. The highest BCUT2D eigenvalue weighted by Gasteiger charge is 2.06. The molecule has 1 atom stereocenters. The van der Waals surface area contributed by atoms with E-state index in [-0.39, 0.29) is 5.92 Å². The van der Waals surface area contributed by atoms with Gasteiger partial charge in [-0.2, -0.15) is 0 Å². The average molecular weight is 282 g/mol. The van der Waals surface area contributed by atoms with Gasteiger partial charge in [0, 0.05) is 18.4 Å². The molecule has 0 aliphatic carbocycles. The van der Waals surface area contributed by atoms with E-state index in [2.05, 4.69) is 31.8 Å². The second-order valence-corrected chi connectivity index (χ2v) is 5.49. The van der Waals surface area contributed by atoms with Crippen molar-refractivity contribution < 1.29 is 4.79 Å². The lowest BCUT2D eigenvalue weighted by atomic mass is 9.98. The van der Waals surface area contributed by atoms with Gasteiger partial charge in [0.1, 0.15) is 5.78 Å². The Labute approximate surface area is 129 Å². The van der Waals surface area contributed by atoms with E-state index in [0.717, 1.165) is 30.4 Å². The Morgan fingerprint density at radius 3 is 2.57 bits per heavy atom. The van der Waals surface area contributed by atoms with Gasteiger partial charge in [-0.25, -0.2) is 0 Å². The number of hydrogen-bond donors (Lipinski definition) is 0. The molecular formula is C20H26O. The highest BCUT2D eigenvalue weighted by atomic mass is 16.1. The summed E-state index contributed by atoms with van der Waals surface area (Å²) >= 11 is 0. The van der Waals surface area contributed by atoms with Crippen LogP contribution in [0.2, 0.25) is 0 Å². The smallest absolute Gasteiger partial charge is 0.133 e. The summed E-state index contributed by atoms with van der Waals surface area (Å²) in [4.78, 5) is 11.5. The Balaban J connectivity index is 2.80. The van der Waals surface area contributed by atoms with Crippen LogP contribution in [0.25, 0.3) is 0 Å². The van der Waals surface area contributed by atoms with Gasteiger partial charge in [-0.3, -0.25) is 4.79 Å². The third-order valence-electron chi connectivity index (χ3n) is 3.37. The number of ketones is 1. The Bertz CT molecular complexity index is 514. The number of carbonyl (C=O) groups is 1. The van der Waals surface area contributed by atoms with Crippen molar-refractivity contribution in [3.05, 3.63) is 47.5 Å². The third-order valence-corrected chi connectivity index (χ3v) is 3.37. The molecule has 0 saturated carbocycles. The van der Waals surface area contributed by atoms with E-state index in [1.54, 1.807) is 0 Å². The monoisotopic (exact) mass is 282 g/mol. The molecule has 0 amide bonds. The zero-order chi connectivity index (χ0) is 15.5. The lowest BCUT2D eigenvalue weighted by Gasteiger charge is -2.06. The quantitative estimate of drug-likeness (QED) is 0.631. The van der Waals surface area contributed by atoms with Crippen molar-refractivity contribution >= 4 is 5.78 Å². The highest BCUT2D eigenvalue weighted by molar-refractivity contribution is 5.78. The molecule has 0 fully saturated rings. The summed E-state index contributed by atoms with van der Waals surface area (Å²) < 4.78 is 0. The summed E-state index contributed by atoms with van der Waals surface area (Å²) in [5.74, 6) is 7.11. The van der Waals surface area contributed by atoms with Gasteiger partial charge < -0.3 is 0 Å². The van der Waals surface area contributed by atoms with E-state index in [1.807, 2.05) is 37.3 Å². The Kier molecular flexibility index (Phi) is 8.21. The van der Waals surface area contributed by atoms with Crippen LogP contribution < -0.4 is 0 Å². The van der Waals surface area contributed by atoms with Gasteiger partial charge in [0.05, 0.1) is 0 Å². The molecule has 1 aromatic rings. The van der Waals surface area contributed by atoms with Crippen LogP contribution in [0.1, 0.15) is 58.4 Å². The first kappa shape index (κ1) is 17.2. The molecule has 1 aromatic carbocycles. The summed E-state index contributed by atoms with van der Waals surface area (Å²) in [5.41, 5.74) is 2.20. The van der Waals surface area contributed by atoms with Crippen molar-refractivity contribution in [1.82, 2.24) is 0 Å². The molecule has 1 nitrogen and oxygen atoms in total. The minimum absolute atomic E-state index is 0.273. The maximum atomic E-state index is 11.5. The average Bonchev–Trinajstić information content (AvgIpc) is 2.50. The number of unbranched alkanes of at least 4 members (excludes halogenated alkanes) is 1. The second-order valence-electron chi connectivity index (χ2n) is 5.49. The Hall–Kier alpha value is -1.81. The Morgan fingerprint density at radius 2 is 1.95 bits per heavy atom. The van der Waals surface area contributed by atoms with E-state index >= 15 is 0 Å². The lowest BCUT2D eigenvalue weighted by molar-refractivity contribution is -0.119. The predicted octanol–water partition coefficient (Wildman–Crippen LogP) is 5.16. The summed E-state index contributed by atoms with van der Waals surface area (Å²) in [6.45, 7) is 6.21. The summed E-state index contributed by atoms with van der Waals surface area (Å²) in [6, 6.07) is 10.0. The maximum Gasteiger partial charge on any atom is 0.133 e. The largest absolute Gasteiger partial charge is 0.300 e. The minimum atomic E-state index is 0.273. The fraction of sp³-hybridized carbons (Fsp3) is 0.450. The lowest BCUT2D eigenvalue weighted by Crippen LogP contribution is -2.02. The predicted molar refractivity (Wildman–Crippen MR) is 90.0 cm³/mol. The standard InChI is InChI=1S/C20H26O/c1-4-6-10-19(15-17(3)16-20(21)5-2)14-13-18-11-8-7-9-12-18/h7-9,11-12,15,17H,4-6,10,16H2,1-3H3/b19-15-. The fourth-order valence-corrected chi connectivity index (χ4v) is 2.13. The first-order valence-electron chi connectivity index (χ1n) is 7.95. The van der Waals surface area contributed by atoms with Crippen molar-refractivity contribution in [3.8, 4) is 11.8 Å². The van der Waals surface area contributed by atoms with E-state index in [9.17, 15) is 4.79 Å². The van der Waals surface area contributed by atoms with Gasteiger partial charge in [-0.15, -0.1) is 0 Å². The molecule has 1 unspecified atom stereocenters. The van der Waals surface area contributed by atoms with Crippen LogP contribution in [0.15, 0.2) is 42.0 Å². The maximum absolute atomic E-state index is 11.5. The third kappa shape index (κ3) is 7.51. The van der Waals surface area contributed by atoms with Gasteiger partial charge in [0.15, 0.2) is 0 Å². The molecule has 21 heavy (non-hydrogen) atoms. The van der Waals surface area contributed by atoms with Gasteiger partial charge in [0.2, 0.25) is 0 Å². The van der Waals surface area contributed by atoms with Gasteiger partial charge in [0.25, 0.3) is 0 Å². The second kappa shape index (κ2) is 10.00. The van der Waals surface area contributed by atoms with E-state index in [4.69, 9.17) is 0 Å². The first-order chi connectivity index (χ1) is 10.2. The Morgan fingerprint density at radius 1 is 1.24 bits per heavy atom. The molecule has 0 saturated heterocycles. The molecule has 1 rings (SSSR count). The molecular weight excluding hydrogens is 256 g/mol. The molecule has 0 bridgehead atoms. The van der Waals surface area contributed by atoms with E-state index < -0.39 is 0 Å². The SMILES string of the molecule is CCCC/C(C#Cc1ccccc1)=C/C(C)CC(=O)CC. The zero-order valence-corrected chi connectivity index (χ0v) is 13.5. The number of allylic oxidation sites excluding steroid dienone is 2. The highest BCUT2D eigenvalue weighted by Crippen LogP contribution is 2.14. The topological polar surface area (TPSA) is 17.1 Å². The molecule has 0 aromatic heterocycles. The van der Waals surface area contributed by atoms with Gasteiger partial charge in [-0.05, 0) is 36.5 Å². The summed E-state index contributed by atoms with van der Waals surface area (Å²) in [5, 5.41) is 0. The van der Waals surface area contributed by atoms with Gasteiger partial charge in [-0.1, -0.05) is 63.3 Å². The van der Waals surface area contributed by atoms with Crippen molar-refractivity contribution in [1.29, 1.82) is 0 Å². The van der Waals surface area contributed by atoms with Crippen LogP contribution in [0.3, 0.4) is 0 Å². The number of hydrogen-bond acceptors (Lipinski definition) is 1. The van der Waals surface area contributed by atoms with Crippen LogP contribution in [-0.2, 0) is 4.79 Å². The van der Waals surface area contributed by atoms with Crippen LogP contribution >= 0.6 is 0 Å². The van der Waals surface area contributed by atoms with Crippen LogP contribution in [0.5, 0.6) is 0 Å². The normalized spacial score (nSPS) is 12.4. The number of benzene rings is 1. The number of Topliss-reactive ketones (excluding diaryl/α,β-unsaturated/α-hetero) is 1. The molecule has 0 aliphatic heterocycles. The van der Waals surface area contributed by atoms with E-state index in [1.165, 1.54) is 0 Å². The first-order valence-corrected chi connectivity index (χ1v) is 7.95. The van der Waals surface area contributed by atoms with Crippen LogP contribution in [0.4, 0.5) is 0 Å². The number of rotatable bonds is 7. The van der Waals surface area contributed by atoms with Gasteiger partial charge >= 0.3 is 0 Å². The molecule has 0 N–H and O–H groups in total. The van der Waals surface area contributed by atoms with Crippen LogP contribution in [0, 0.1) is 17.8 Å². The molecule has 112 valence electrons. The molecule has 0 heterocycles.